The molecule has 5 aromatic rings. The summed E-state index contributed by atoms with van der Waals surface area (Å²) in [5.74, 6) is 0.620. The van der Waals surface area contributed by atoms with E-state index < -0.39 is 0 Å². The Labute approximate surface area is 226 Å². The fourth-order valence-electron chi connectivity index (χ4n) is 4.45. The second-order valence-electron chi connectivity index (χ2n) is 9.94. The molecule has 0 spiro atoms. The van der Waals surface area contributed by atoms with Crippen LogP contribution in [0.25, 0.3) is 21.8 Å². The number of aromatic nitrogens is 3. The van der Waals surface area contributed by atoms with Gasteiger partial charge in [0, 0.05) is 43.1 Å². The van der Waals surface area contributed by atoms with Gasteiger partial charge in [-0.2, -0.15) is 9.78 Å². The van der Waals surface area contributed by atoms with Crippen molar-refractivity contribution in [2.24, 2.45) is 5.10 Å². The monoisotopic (exact) mass is 604 g/mol. The van der Waals surface area contributed by atoms with Crippen LogP contribution in [0.1, 0.15) is 43.4 Å². The lowest BCUT2D eigenvalue weighted by Crippen LogP contribution is -2.29. The van der Waals surface area contributed by atoms with Gasteiger partial charge in [-0.15, -0.1) is 0 Å². The van der Waals surface area contributed by atoms with Crippen LogP contribution in [0, 0.1) is 6.92 Å². The van der Waals surface area contributed by atoms with Crippen molar-refractivity contribution in [3.8, 4) is 0 Å². The minimum atomic E-state index is -0.373. The van der Waals surface area contributed by atoms with Crippen LogP contribution in [0.5, 0.6) is 0 Å². The maximum atomic E-state index is 13.6. The second-order valence-corrected chi connectivity index (χ2v) is 11.8. The number of hydrogen-bond acceptors (Lipinski definition) is 3. The zero-order valence-electron chi connectivity index (χ0n) is 20.6. The van der Waals surface area contributed by atoms with Gasteiger partial charge in [-0.25, -0.2) is 4.98 Å². The van der Waals surface area contributed by atoms with E-state index in [1.165, 1.54) is 10.2 Å². The van der Waals surface area contributed by atoms with Gasteiger partial charge < -0.3 is 4.57 Å². The average molecular weight is 606 g/mol. The van der Waals surface area contributed by atoms with E-state index >= 15 is 0 Å². The third kappa shape index (κ3) is 4.58. The van der Waals surface area contributed by atoms with Crippen molar-refractivity contribution in [2.75, 3.05) is 0 Å². The van der Waals surface area contributed by atoms with E-state index in [2.05, 4.69) is 79.7 Å². The fourth-order valence-corrected chi connectivity index (χ4v) is 5.08. The molecule has 0 radical (unpaired) electrons. The molecule has 2 aromatic heterocycles. The number of rotatable bonds is 4. The van der Waals surface area contributed by atoms with Crippen LogP contribution in [0.2, 0.25) is 0 Å². The van der Waals surface area contributed by atoms with Crippen molar-refractivity contribution >= 4 is 59.9 Å². The Bertz CT molecular complexity index is 1690. The molecule has 0 atom stereocenters. The Morgan fingerprint density at radius 1 is 0.944 bits per heavy atom. The normalized spacial score (nSPS) is 12.3. The van der Waals surface area contributed by atoms with Gasteiger partial charge in [0.05, 0.1) is 17.1 Å². The average Bonchev–Trinajstić information content (AvgIpc) is 3.10. The molecule has 2 heterocycles. The second kappa shape index (κ2) is 9.45. The molecule has 5 nitrogen and oxygen atoms in total. The van der Waals surface area contributed by atoms with E-state index in [9.17, 15) is 4.79 Å². The van der Waals surface area contributed by atoms with Gasteiger partial charge in [0.2, 0.25) is 0 Å². The van der Waals surface area contributed by atoms with E-state index in [1.54, 1.807) is 12.3 Å². The van der Waals surface area contributed by atoms with Gasteiger partial charge in [0.15, 0.2) is 0 Å². The van der Waals surface area contributed by atoms with E-state index in [0.717, 1.165) is 37.7 Å². The number of hydrogen-bond donors (Lipinski definition) is 0. The summed E-state index contributed by atoms with van der Waals surface area (Å²) in [6.45, 7) is 8.97. The lowest BCUT2D eigenvalue weighted by atomic mass is 9.95. The number of benzene rings is 3. The van der Waals surface area contributed by atoms with Crippen molar-refractivity contribution in [3.63, 3.8) is 0 Å². The molecule has 0 aliphatic rings. The fraction of sp³-hybridized carbons (Fsp3) is 0.207. The summed E-state index contributed by atoms with van der Waals surface area (Å²) in [6, 6.07) is 22.3. The summed E-state index contributed by atoms with van der Waals surface area (Å²) in [5.41, 5.74) is 4.53. The molecule has 0 bridgehead atoms. The summed E-state index contributed by atoms with van der Waals surface area (Å²) in [5, 5.41) is 6.37. The molecular weight excluding hydrogens is 580 g/mol. The van der Waals surface area contributed by atoms with Crippen LogP contribution < -0.4 is 5.56 Å². The highest BCUT2D eigenvalue weighted by Gasteiger charge is 2.23. The quantitative estimate of drug-likeness (QED) is 0.200. The minimum Gasteiger partial charge on any atom is -0.340 e. The molecule has 0 fully saturated rings. The molecule has 3 aromatic carbocycles. The van der Waals surface area contributed by atoms with Gasteiger partial charge in [-0.1, -0.05) is 83.0 Å². The highest BCUT2D eigenvalue weighted by molar-refractivity contribution is 9.10. The van der Waals surface area contributed by atoms with E-state index in [4.69, 9.17) is 10.1 Å². The van der Waals surface area contributed by atoms with Gasteiger partial charge in [0.1, 0.15) is 5.82 Å². The van der Waals surface area contributed by atoms with Gasteiger partial charge in [-0.3, -0.25) is 4.79 Å². The van der Waals surface area contributed by atoms with Crippen molar-refractivity contribution in [1.29, 1.82) is 0 Å². The predicted octanol–water partition coefficient (Wildman–Crippen LogP) is 7.41. The lowest BCUT2D eigenvalue weighted by Gasteiger charge is -2.20. The Balaban J connectivity index is 1.67. The molecule has 0 saturated heterocycles. The highest BCUT2D eigenvalue weighted by atomic mass is 79.9. The van der Waals surface area contributed by atoms with Gasteiger partial charge in [-0.05, 0) is 48.9 Å². The first-order valence-corrected chi connectivity index (χ1v) is 13.3. The van der Waals surface area contributed by atoms with Crippen LogP contribution in [0.15, 0.2) is 85.6 Å². The zero-order valence-corrected chi connectivity index (χ0v) is 23.8. The first kappa shape index (κ1) is 24.7. The minimum absolute atomic E-state index is 0.182. The molecule has 182 valence electrons. The first-order valence-electron chi connectivity index (χ1n) is 11.7. The molecule has 0 amide bonds. The van der Waals surface area contributed by atoms with Crippen molar-refractivity contribution < 1.29 is 0 Å². The molecule has 36 heavy (non-hydrogen) atoms. The Kier molecular flexibility index (Phi) is 6.47. The van der Waals surface area contributed by atoms with Crippen molar-refractivity contribution in [1.82, 2.24) is 14.2 Å². The molecule has 0 saturated carbocycles. The summed E-state index contributed by atoms with van der Waals surface area (Å²) in [4.78, 5) is 18.4. The van der Waals surface area contributed by atoms with Crippen LogP contribution in [-0.4, -0.2) is 20.4 Å². The molecule has 0 aliphatic carbocycles. The number of nitrogens with zero attached hydrogens (tertiary/aromatic N) is 4. The Morgan fingerprint density at radius 3 is 2.36 bits per heavy atom. The van der Waals surface area contributed by atoms with Crippen LogP contribution in [0.3, 0.4) is 0 Å². The summed E-state index contributed by atoms with van der Waals surface area (Å²) < 4.78 is 5.64. The molecule has 0 N–H and O–H groups in total. The first-order chi connectivity index (χ1) is 17.1. The Hall–Kier alpha value is -3.03. The SMILES string of the molecule is Cc1c(C=Nn2c(C(C)(C)C)nc3ccc(Br)cc3c2=O)c2ccccc2n1Cc1ccc(Br)cc1. The lowest BCUT2D eigenvalue weighted by molar-refractivity contribution is 0.506. The highest BCUT2D eigenvalue weighted by Crippen LogP contribution is 2.27. The van der Waals surface area contributed by atoms with E-state index in [1.807, 2.05) is 45.0 Å². The zero-order chi connectivity index (χ0) is 25.6. The molecule has 0 aliphatic heterocycles. The topological polar surface area (TPSA) is 52.2 Å². The third-order valence-corrected chi connectivity index (χ3v) is 7.34. The summed E-state index contributed by atoms with van der Waals surface area (Å²) >= 11 is 6.99. The standard InChI is InChI=1S/C29H26Br2N4O/c1-18-24(22-7-5-6-8-26(22)34(18)17-19-9-11-20(30)12-10-19)16-32-35-27(36)23-15-21(31)13-14-25(23)33-28(35)29(2,3)4/h5-16H,17H2,1-4H3. The third-order valence-electron chi connectivity index (χ3n) is 6.32. The molecule has 5 rings (SSSR count). The maximum absolute atomic E-state index is 13.6. The maximum Gasteiger partial charge on any atom is 0.282 e. The van der Waals surface area contributed by atoms with Gasteiger partial charge >= 0.3 is 0 Å². The summed E-state index contributed by atoms with van der Waals surface area (Å²) in [7, 11) is 0. The Morgan fingerprint density at radius 2 is 1.64 bits per heavy atom. The van der Waals surface area contributed by atoms with Crippen LogP contribution in [0.4, 0.5) is 0 Å². The largest absolute Gasteiger partial charge is 0.340 e. The number of halogens is 2. The number of fused-ring (bicyclic) bond motifs is 2. The van der Waals surface area contributed by atoms with E-state index in [-0.39, 0.29) is 11.0 Å². The number of para-hydroxylation sites is 1. The smallest absolute Gasteiger partial charge is 0.282 e. The van der Waals surface area contributed by atoms with Crippen LogP contribution >= 0.6 is 31.9 Å². The molecule has 0 unspecified atom stereocenters. The van der Waals surface area contributed by atoms with Crippen LogP contribution in [-0.2, 0) is 12.0 Å². The molecular formula is C29H26Br2N4O. The van der Waals surface area contributed by atoms with Crippen molar-refractivity contribution in [2.45, 2.75) is 39.7 Å². The van der Waals surface area contributed by atoms with Gasteiger partial charge in [0.25, 0.3) is 5.56 Å². The van der Waals surface area contributed by atoms with E-state index in [0.29, 0.717) is 16.7 Å². The molecule has 7 heteroatoms. The predicted molar refractivity (Wildman–Crippen MR) is 155 cm³/mol. The van der Waals surface area contributed by atoms with Crippen molar-refractivity contribution in [3.05, 3.63) is 109 Å². The summed E-state index contributed by atoms with van der Waals surface area (Å²) in [6.07, 6.45) is 1.80.